The molecule has 2 N–H and O–H groups in total. The predicted octanol–water partition coefficient (Wildman–Crippen LogP) is 18.0. The van der Waals surface area contributed by atoms with Crippen LogP contribution >= 0.6 is 0 Å². The van der Waals surface area contributed by atoms with E-state index in [4.69, 9.17) is 9.47 Å². The molecule has 0 aromatic heterocycles. The lowest BCUT2D eigenvalue weighted by Gasteiger charge is -2.48. The highest BCUT2D eigenvalue weighted by Crippen LogP contribution is 2.55. The van der Waals surface area contributed by atoms with Crippen LogP contribution in [0.4, 0.5) is 0 Å². The number of hydrogen-bond acceptors (Lipinski definition) is 4. The molecule has 386 valence electrons. The van der Waals surface area contributed by atoms with Gasteiger partial charge in [-0.25, -0.2) is 0 Å². The third-order valence-electron chi connectivity index (χ3n) is 16.1. The van der Waals surface area contributed by atoms with Crippen molar-refractivity contribution < 1.29 is 19.7 Å². The second-order valence-corrected chi connectivity index (χ2v) is 28.9. The summed E-state index contributed by atoms with van der Waals surface area (Å²) in [6.07, 6.45) is 13.4. The monoisotopic (exact) mass is 931 g/mol. The van der Waals surface area contributed by atoms with E-state index in [0.29, 0.717) is 25.0 Å². The Bertz CT molecular complexity index is 1760. The fourth-order valence-electron chi connectivity index (χ4n) is 12.0. The molecule has 2 aromatic carbocycles. The molecule has 0 amide bonds. The molecule has 2 rings (SSSR count). The third-order valence-corrected chi connectivity index (χ3v) is 16.1. The first-order chi connectivity index (χ1) is 30.1. The van der Waals surface area contributed by atoms with E-state index in [1.165, 1.54) is 16.7 Å². The second-order valence-electron chi connectivity index (χ2n) is 28.9. The molecule has 0 aliphatic rings. The number of benzene rings is 2. The molecule has 0 aliphatic heterocycles. The van der Waals surface area contributed by atoms with Crippen molar-refractivity contribution in [3.63, 3.8) is 0 Å². The first kappa shape index (κ1) is 61.1. The maximum atomic E-state index is 10.5. The van der Waals surface area contributed by atoms with Crippen molar-refractivity contribution in [2.45, 2.75) is 258 Å². The first-order valence-electron chi connectivity index (χ1n) is 26.6. The first-order valence-corrected chi connectivity index (χ1v) is 26.6. The predicted molar refractivity (Wildman–Crippen MR) is 292 cm³/mol. The van der Waals surface area contributed by atoms with Crippen LogP contribution in [0, 0.1) is 44.3 Å². The molecule has 0 spiro atoms. The van der Waals surface area contributed by atoms with Gasteiger partial charge in [-0.3, -0.25) is 0 Å². The minimum Gasteiger partial charge on any atom is -0.390 e. The van der Waals surface area contributed by atoms with Crippen molar-refractivity contribution in [3.8, 4) is 0 Å². The molecule has 0 radical (unpaired) electrons. The normalized spacial score (nSPS) is 16.5. The lowest BCUT2D eigenvalue weighted by molar-refractivity contribution is -0.0842. The van der Waals surface area contributed by atoms with E-state index in [0.717, 1.165) is 64.2 Å². The summed E-state index contributed by atoms with van der Waals surface area (Å²) in [6, 6.07) is 22.6. The maximum Gasteiger partial charge on any atom is 0.0639 e. The summed E-state index contributed by atoms with van der Waals surface area (Å²) in [5.41, 5.74) is 3.02. The molecule has 4 nitrogen and oxygen atoms in total. The highest BCUT2D eigenvalue weighted by Gasteiger charge is 2.44. The highest BCUT2D eigenvalue weighted by atomic mass is 16.5. The van der Waals surface area contributed by atoms with Gasteiger partial charge in [0.05, 0.1) is 35.6 Å². The van der Waals surface area contributed by atoms with E-state index in [1.807, 2.05) is 27.7 Å². The largest absolute Gasteiger partial charge is 0.390 e. The van der Waals surface area contributed by atoms with E-state index < -0.39 is 11.2 Å². The Balaban J connectivity index is 2.21. The highest BCUT2D eigenvalue weighted by molar-refractivity contribution is 5.25. The lowest BCUT2D eigenvalue weighted by Crippen LogP contribution is -2.38. The van der Waals surface area contributed by atoms with E-state index in [2.05, 4.69) is 198 Å². The molecular formula is C63H110O4. The zero-order valence-corrected chi connectivity index (χ0v) is 48.4. The zero-order valence-electron chi connectivity index (χ0n) is 48.4. The van der Waals surface area contributed by atoms with Crippen LogP contribution in [-0.4, -0.2) is 45.8 Å². The molecule has 2 aromatic rings. The molecular weight excluding hydrogens is 821 g/mol. The summed E-state index contributed by atoms with van der Waals surface area (Å²) >= 11 is 0. The molecule has 0 heterocycles. The van der Waals surface area contributed by atoms with Gasteiger partial charge in [0.2, 0.25) is 0 Å². The Kier molecular flexibility index (Phi) is 21.4. The van der Waals surface area contributed by atoms with Gasteiger partial charge in [0, 0.05) is 11.8 Å². The fraction of sp³-hybridized carbons (Fsp3) is 0.778. The summed E-state index contributed by atoms with van der Waals surface area (Å²) in [6.45, 7) is 54.0. The second kappa shape index (κ2) is 23.5. The van der Waals surface area contributed by atoms with Crippen molar-refractivity contribution in [2.24, 2.45) is 44.3 Å². The van der Waals surface area contributed by atoms with Crippen LogP contribution in [0.1, 0.15) is 246 Å². The quantitative estimate of drug-likeness (QED) is 0.0767. The van der Waals surface area contributed by atoms with Gasteiger partial charge in [0.1, 0.15) is 0 Å². The number of allylic oxidation sites excluding steroid dienone is 2. The molecule has 0 bridgehead atoms. The molecule has 4 unspecified atom stereocenters. The lowest BCUT2D eigenvalue weighted by atomic mass is 9.56. The summed E-state index contributed by atoms with van der Waals surface area (Å²) < 4.78 is 12.9. The van der Waals surface area contributed by atoms with Crippen LogP contribution in [0.5, 0.6) is 0 Å². The van der Waals surface area contributed by atoms with Gasteiger partial charge < -0.3 is 19.7 Å². The van der Waals surface area contributed by atoms with Crippen LogP contribution in [0.15, 0.2) is 72.3 Å². The van der Waals surface area contributed by atoms with Gasteiger partial charge in [0.25, 0.3) is 0 Å². The summed E-state index contributed by atoms with van der Waals surface area (Å²) in [4.78, 5) is 0. The third kappa shape index (κ3) is 21.5. The van der Waals surface area contributed by atoms with Gasteiger partial charge in [-0.05, 0) is 176 Å². The van der Waals surface area contributed by atoms with Crippen molar-refractivity contribution in [1.82, 2.24) is 0 Å². The molecule has 0 aliphatic carbocycles. The van der Waals surface area contributed by atoms with Gasteiger partial charge in [0.15, 0.2) is 0 Å². The molecule has 4 heteroatoms. The van der Waals surface area contributed by atoms with Gasteiger partial charge in [-0.1, -0.05) is 176 Å². The Labute approximate surface area is 416 Å². The average Bonchev–Trinajstić information content (AvgIpc) is 3.15. The Hall–Kier alpha value is -1.98. The van der Waals surface area contributed by atoms with E-state index in [1.54, 1.807) is 0 Å². The number of ether oxygens (including phenoxy) is 2. The van der Waals surface area contributed by atoms with E-state index in [9.17, 15) is 10.2 Å². The standard InChI is InChI=1S/C63H110O4/c1-47(41-55(6,7)45-56(8,9)42-52(50-31-26-24-27-32-50)57(10,11)39-40-61(18,19)67-44-49(3)63(22,23)65)35-38-54(4,5)46-59(14,15)53(51-33-28-25-29-34-51)58(12,13)36-30-37-60(16,17)66-43-48(2)62(20,21)64/h24-29,31-35,48-49,52-53,64-65H,30,36-46H2,1-23H3/b47-35+. The van der Waals surface area contributed by atoms with Crippen molar-refractivity contribution >= 4 is 0 Å². The zero-order chi connectivity index (χ0) is 51.7. The van der Waals surface area contributed by atoms with E-state index >= 15 is 0 Å². The SMILES string of the molecule is C/C(=C\CC(C)(C)CC(C)(C)C(c1ccccc1)C(C)(C)CCCC(C)(C)OCC(C)C(C)(C)O)CC(C)(C)CC(C)(C)CC(c1ccccc1)C(C)(C)CCC(C)(C)OCC(C)C(C)(C)O. The van der Waals surface area contributed by atoms with Gasteiger partial charge in [-0.15, -0.1) is 0 Å². The molecule has 0 saturated heterocycles. The topological polar surface area (TPSA) is 58.9 Å². The Morgan fingerprint density at radius 1 is 0.507 bits per heavy atom. The summed E-state index contributed by atoms with van der Waals surface area (Å²) in [7, 11) is 0. The minimum absolute atomic E-state index is 0.0646. The van der Waals surface area contributed by atoms with Crippen LogP contribution in [0.25, 0.3) is 0 Å². The van der Waals surface area contributed by atoms with Crippen LogP contribution in [0.2, 0.25) is 0 Å². The number of rotatable bonds is 30. The van der Waals surface area contributed by atoms with Gasteiger partial charge in [-0.2, -0.15) is 0 Å². The Morgan fingerprint density at radius 2 is 0.955 bits per heavy atom. The molecule has 0 saturated carbocycles. The fourth-order valence-corrected chi connectivity index (χ4v) is 12.0. The van der Waals surface area contributed by atoms with Crippen molar-refractivity contribution in [2.75, 3.05) is 13.2 Å². The molecule has 0 fully saturated rings. The average molecular weight is 932 g/mol. The summed E-state index contributed by atoms with van der Waals surface area (Å²) in [5.74, 6) is 0.946. The summed E-state index contributed by atoms with van der Waals surface area (Å²) in [5, 5.41) is 21.0. The maximum absolute atomic E-state index is 10.5. The number of aliphatic hydroxyl groups is 2. The smallest absolute Gasteiger partial charge is 0.0639 e. The minimum atomic E-state index is -0.755. The van der Waals surface area contributed by atoms with Crippen LogP contribution < -0.4 is 0 Å². The van der Waals surface area contributed by atoms with Crippen LogP contribution in [-0.2, 0) is 9.47 Å². The Morgan fingerprint density at radius 3 is 1.42 bits per heavy atom. The van der Waals surface area contributed by atoms with Gasteiger partial charge >= 0.3 is 0 Å². The van der Waals surface area contributed by atoms with Crippen molar-refractivity contribution in [1.29, 1.82) is 0 Å². The van der Waals surface area contributed by atoms with Crippen molar-refractivity contribution in [3.05, 3.63) is 83.4 Å². The molecule has 67 heavy (non-hydrogen) atoms. The van der Waals surface area contributed by atoms with E-state index in [-0.39, 0.29) is 55.5 Å². The number of hydrogen-bond donors (Lipinski definition) is 2. The molecule has 4 atom stereocenters. The van der Waals surface area contributed by atoms with Crippen LogP contribution in [0.3, 0.4) is 0 Å².